The third-order valence-corrected chi connectivity index (χ3v) is 3.36. The van der Waals surface area contributed by atoms with E-state index in [1.165, 1.54) is 5.56 Å². The molecular weight excluding hydrogens is 286 g/mol. The zero-order chi connectivity index (χ0) is 16.7. The summed E-state index contributed by atoms with van der Waals surface area (Å²) in [6, 6.07) is 6.79. The van der Waals surface area contributed by atoms with Crippen LogP contribution in [-0.4, -0.2) is 17.7 Å². The van der Waals surface area contributed by atoms with Crippen LogP contribution in [0, 0.1) is 13.8 Å². The van der Waals surface area contributed by atoms with Gasteiger partial charge in [0.25, 0.3) is 6.01 Å². The Labute approximate surface area is 137 Å². The van der Waals surface area contributed by atoms with Crippen molar-refractivity contribution in [1.82, 2.24) is 4.98 Å². The lowest BCUT2D eigenvalue weighted by molar-refractivity contribution is 0.502. The number of anilines is 2. The molecule has 1 aromatic carbocycles. The quantitative estimate of drug-likeness (QED) is 0.816. The van der Waals surface area contributed by atoms with Gasteiger partial charge in [0, 0.05) is 11.9 Å². The fraction of sp³-hybridized carbons (Fsp3) is 0.263. The van der Waals surface area contributed by atoms with Crippen LogP contribution in [0.3, 0.4) is 0 Å². The van der Waals surface area contributed by atoms with E-state index in [1.54, 1.807) is 12.3 Å². The molecule has 1 unspecified atom stereocenters. The average Bonchev–Trinajstić information content (AvgIpc) is 3.01. The maximum absolute atomic E-state index is 5.77. The lowest BCUT2D eigenvalue weighted by Crippen LogP contribution is -2.01. The maximum Gasteiger partial charge on any atom is 0.299 e. The molecule has 1 aliphatic heterocycles. The van der Waals surface area contributed by atoms with Crippen molar-refractivity contribution >= 4 is 17.9 Å². The zero-order valence-electron chi connectivity index (χ0n) is 13.9. The van der Waals surface area contributed by atoms with E-state index in [1.807, 2.05) is 19.2 Å². The van der Waals surface area contributed by atoms with E-state index < -0.39 is 0 Å². The van der Waals surface area contributed by atoms with Crippen LogP contribution in [0.15, 0.2) is 58.6 Å². The highest BCUT2D eigenvalue weighted by Gasteiger charge is 2.15. The van der Waals surface area contributed by atoms with Gasteiger partial charge in [-0.1, -0.05) is 24.3 Å². The van der Waals surface area contributed by atoms with E-state index in [0.29, 0.717) is 12.6 Å². The van der Waals surface area contributed by atoms with Crippen molar-refractivity contribution in [2.75, 3.05) is 11.9 Å². The molecule has 4 heteroatoms. The van der Waals surface area contributed by atoms with E-state index in [4.69, 9.17) is 4.42 Å². The molecule has 0 bridgehead atoms. The number of nitrogens with zero attached hydrogens (tertiary/aromatic N) is 2. The topological polar surface area (TPSA) is 50.4 Å². The summed E-state index contributed by atoms with van der Waals surface area (Å²) in [5.74, 6) is 1.02. The van der Waals surface area contributed by atoms with Crippen molar-refractivity contribution < 1.29 is 4.42 Å². The second-order valence-corrected chi connectivity index (χ2v) is 5.43. The van der Waals surface area contributed by atoms with Crippen molar-refractivity contribution in [1.29, 1.82) is 0 Å². The van der Waals surface area contributed by atoms with Crippen LogP contribution in [0.4, 0.5) is 11.7 Å². The Morgan fingerprint density at radius 3 is 2.83 bits per heavy atom. The molecule has 1 N–H and O–H groups in total. The monoisotopic (exact) mass is 309 g/mol. The Morgan fingerprint density at radius 2 is 2.13 bits per heavy atom. The number of hydrogen-bond acceptors (Lipinski definition) is 4. The smallest absolute Gasteiger partial charge is 0.299 e. The van der Waals surface area contributed by atoms with Gasteiger partial charge >= 0.3 is 0 Å². The standard InChI is InChI=1S/C16H17N3O.C3H6/c1-11-5-6-12(2)14(8-11)19-16-18-10-15(20-16)13-4-3-7-17-9-13;1-3-2/h3-8,10,13H,9H2,1-2H3,(H,18,19);3H,1H2,2H3. The fourth-order valence-electron chi connectivity index (χ4n) is 2.17. The van der Waals surface area contributed by atoms with Gasteiger partial charge in [-0.25, -0.2) is 4.98 Å². The van der Waals surface area contributed by atoms with E-state index in [-0.39, 0.29) is 5.92 Å². The van der Waals surface area contributed by atoms with Crippen molar-refractivity contribution in [2.24, 2.45) is 4.99 Å². The third kappa shape index (κ3) is 4.68. The van der Waals surface area contributed by atoms with Crippen LogP contribution < -0.4 is 5.32 Å². The van der Waals surface area contributed by atoms with Crippen LogP contribution in [-0.2, 0) is 0 Å². The predicted octanol–water partition coefficient (Wildman–Crippen LogP) is 4.95. The lowest BCUT2D eigenvalue weighted by atomic mass is 10.1. The molecule has 0 radical (unpaired) electrons. The minimum absolute atomic E-state index is 0.182. The van der Waals surface area contributed by atoms with Gasteiger partial charge in [0.15, 0.2) is 0 Å². The molecule has 120 valence electrons. The first-order valence-corrected chi connectivity index (χ1v) is 7.67. The summed E-state index contributed by atoms with van der Waals surface area (Å²) in [7, 11) is 0. The minimum atomic E-state index is 0.182. The van der Waals surface area contributed by atoms with Gasteiger partial charge in [0.2, 0.25) is 0 Å². The molecule has 23 heavy (non-hydrogen) atoms. The Bertz CT molecular complexity index is 713. The van der Waals surface area contributed by atoms with Crippen molar-refractivity contribution in [2.45, 2.75) is 26.7 Å². The van der Waals surface area contributed by atoms with Crippen LogP contribution in [0.2, 0.25) is 0 Å². The third-order valence-electron chi connectivity index (χ3n) is 3.36. The number of oxazole rings is 1. The molecule has 0 saturated carbocycles. The largest absolute Gasteiger partial charge is 0.428 e. The number of aryl methyl sites for hydroxylation is 2. The minimum Gasteiger partial charge on any atom is -0.428 e. The first kappa shape index (κ1) is 16.7. The number of hydrogen-bond donors (Lipinski definition) is 1. The van der Waals surface area contributed by atoms with Crippen molar-refractivity contribution in [3.63, 3.8) is 0 Å². The van der Waals surface area contributed by atoms with E-state index in [9.17, 15) is 0 Å². The zero-order valence-corrected chi connectivity index (χ0v) is 13.9. The number of rotatable bonds is 3. The number of aromatic nitrogens is 1. The Hall–Kier alpha value is -2.62. The summed E-state index contributed by atoms with van der Waals surface area (Å²) in [5.41, 5.74) is 3.39. The number of allylic oxidation sites excluding steroid dienone is 2. The Kier molecular flexibility index (Phi) is 5.92. The molecule has 0 spiro atoms. The van der Waals surface area contributed by atoms with Crippen LogP contribution in [0.5, 0.6) is 0 Å². The molecule has 1 aliphatic rings. The number of dihydropyridines is 1. The maximum atomic E-state index is 5.77. The summed E-state index contributed by atoms with van der Waals surface area (Å²) in [6.45, 7) is 10.1. The first-order chi connectivity index (χ1) is 11.1. The van der Waals surface area contributed by atoms with Gasteiger partial charge in [-0.05, 0) is 44.0 Å². The second-order valence-electron chi connectivity index (χ2n) is 5.43. The summed E-state index contributed by atoms with van der Waals surface area (Å²) < 4.78 is 5.77. The first-order valence-electron chi connectivity index (χ1n) is 7.67. The molecule has 0 saturated heterocycles. The summed E-state index contributed by atoms with van der Waals surface area (Å²) in [5, 5.41) is 3.23. The van der Waals surface area contributed by atoms with Crippen LogP contribution >= 0.6 is 0 Å². The number of nitrogens with one attached hydrogen (secondary N) is 1. The molecule has 0 amide bonds. The highest BCUT2D eigenvalue weighted by Crippen LogP contribution is 2.25. The predicted molar refractivity (Wildman–Crippen MR) is 96.8 cm³/mol. The van der Waals surface area contributed by atoms with E-state index in [0.717, 1.165) is 17.0 Å². The average molecular weight is 309 g/mol. The molecule has 2 heterocycles. The molecule has 4 nitrogen and oxygen atoms in total. The van der Waals surface area contributed by atoms with Crippen molar-refractivity contribution in [3.05, 3.63) is 66.1 Å². The Balaban J connectivity index is 0.000000595. The van der Waals surface area contributed by atoms with Gasteiger partial charge in [0.1, 0.15) is 5.76 Å². The Morgan fingerprint density at radius 1 is 1.35 bits per heavy atom. The van der Waals surface area contributed by atoms with Gasteiger partial charge in [-0.15, -0.1) is 6.58 Å². The molecule has 0 fully saturated rings. The molecular formula is C19H23N3O. The molecule has 0 aliphatic carbocycles. The fourth-order valence-corrected chi connectivity index (χ4v) is 2.17. The van der Waals surface area contributed by atoms with Gasteiger partial charge in [-0.2, -0.15) is 0 Å². The summed E-state index contributed by atoms with van der Waals surface area (Å²) in [4.78, 5) is 8.53. The van der Waals surface area contributed by atoms with Gasteiger partial charge < -0.3 is 9.73 Å². The molecule has 1 aromatic heterocycles. The molecule has 2 aromatic rings. The summed E-state index contributed by atoms with van der Waals surface area (Å²) >= 11 is 0. The summed E-state index contributed by atoms with van der Waals surface area (Å²) in [6.07, 6.45) is 9.34. The molecule has 3 rings (SSSR count). The number of benzene rings is 1. The normalized spacial score (nSPS) is 15.7. The number of aliphatic imine (C=N–C) groups is 1. The SMILES string of the molecule is C=CC.Cc1ccc(C)c(Nc2ncc(C3C=CC=NC3)o2)c1. The highest BCUT2D eigenvalue weighted by atomic mass is 16.4. The molecule has 1 atom stereocenters. The highest BCUT2D eigenvalue weighted by molar-refractivity contribution is 5.72. The second kappa shape index (κ2) is 8.13. The van der Waals surface area contributed by atoms with E-state index in [2.05, 4.69) is 60.0 Å². The van der Waals surface area contributed by atoms with Gasteiger partial charge in [-0.3, -0.25) is 4.99 Å². The van der Waals surface area contributed by atoms with E-state index >= 15 is 0 Å². The van der Waals surface area contributed by atoms with Gasteiger partial charge in [0.05, 0.1) is 18.7 Å². The van der Waals surface area contributed by atoms with Crippen molar-refractivity contribution in [3.8, 4) is 0 Å². The van der Waals surface area contributed by atoms with Crippen LogP contribution in [0.1, 0.15) is 29.7 Å². The van der Waals surface area contributed by atoms with Crippen LogP contribution in [0.25, 0.3) is 0 Å². The lowest BCUT2D eigenvalue weighted by Gasteiger charge is -2.09.